The van der Waals surface area contributed by atoms with E-state index in [0.717, 1.165) is 27.7 Å². The number of nitrogens with zero attached hydrogens (tertiary/aromatic N) is 7. The molecule has 0 radical (unpaired) electrons. The van der Waals surface area contributed by atoms with Crippen LogP contribution in [0.2, 0.25) is 5.02 Å². The first kappa shape index (κ1) is 15.9. The Morgan fingerprint density at radius 1 is 1.15 bits per heavy atom. The number of hydrogen-bond acceptors (Lipinski definition) is 5. The molecule has 0 aliphatic carbocycles. The summed E-state index contributed by atoms with van der Waals surface area (Å²) >= 11 is 6.42. The van der Waals surface area contributed by atoms with Crippen molar-refractivity contribution in [1.82, 2.24) is 34.7 Å². The molecule has 1 aromatic carbocycles. The van der Waals surface area contributed by atoms with E-state index >= 15 is 0 Å². The summed E-state index contributed by atoms with van der Waals surface area (Å²) in [7, 11) is 1.87. The molecule has 0 saturated heterocycles. The maximum absolute atomic E-state index is 6.42. The molecular weight excluding hydrogens is 362 g/mol. The van der Waals surface area contributed by atoms with Gasteiger partial charge in [-0.05, 0) is 29.8 Å². The average Bonchev–Trinajstić information content (AvgIpc) is 3.28. The molecule has 0 spiro atoms. The van der Waals surface area contributed by atoms with E-state index in [4.69, 9.17) is 16.6 Å². The first-order valence-electron chi connectivity index (χ1n) is 8.40. The first-order chi connectivity index (χ1) is 13.2. The average molecular weight is 376 g/mol. The van der Waals surface area contributed by atoms with Crippen molar-refractivity contribution in [3.63, 3.8) is 0 Å². The number of hydrogen-bond donors (Lipinski definition) is 0. The van der Waals surface area contributed by atoms with Crippen LogP contribution >= 0.6 is 11.6 Å². The SMILES string of the molecule is Cn1cc(-c2cc(Cl)c3nnn(Cc4ccc5ncccc5c4)c3n2)cn1. The highest BCUT2D eigenvalue weighted by Crippen LogP contribution is 2.27. The van der Waals surface area contributed by atoms with Gasteiger partial charge in [0.15, 0.2) is 11.2 Å². The summed E-state index contributed by atoms with van der Waals surface area (Å²) in [5.41, 5.74) is 4.92. The predicted molar refractivity (Wildman–Crippen MR) is 103 cm³/mol. The molecule has 27 heavy (non-hydrogen) atoms. The summed E-state index contributed by atoms with van der Waals surface area (Å²) in [6, 6.07) is 11.9. The third-order valence-corrected chi connectivity index (χ3v) is 4.71. The van der Waals surface area contributed by atoms with Gasteiger partial charge in [-0.25, -0.2) is 9.67 Å². The maximum Gasteiger partial charge on any atom is 0.180 e. The fraction of sp³-hybridized carbons (Fsp3) is 0.105. The summed E-state index contributed by atoms with van der Waals surface area (Å²) in [5.74, 6) is 0. The normalized spacial score (nSPS) is 11.5. The van der Waals surface area contributed by atoms with Gasteiger partial charge in [-0.3, -0.25) is 9.67 Å². The Bertz CT molecular complexity index is 1290. The molecule has 132 valence electrons. The molecule has 8 heteroatoms. The monoisotopic (exact) mass is 375 g/mol. The summed E-state index contributed by atoms with van der Waals surface area (Å²) in [6.45, 7) is 0.543. The van der Waals surface area contributed by atoms with Gasteiger partial charge >= 0.3 is 0 Å². The predicted octanol–water partition coefficient (Wildman–Crippen LogP) is 3.48. The van der Waals surface area contributed by atoms with E-state index in [1.807, 2.05) is 37.5 Å². The zero-order valence-corrected chi connectivity index (χ0v) is 15.2. The highest BCUT2D eigenvalue weighted by Gasteiger charge is 2.14. The van der Waals surface area contributed by atoms with Crippen molar-refractivity contribution in [1.29, 1.82) is 0 Å². The van der Waals surface area contributed by atoms with Crippen LogP contribution in [0.3, 0.4) is 0 Å². The standard InChI is InChI=1S/C19H14ClN7/c1-26-11-14(9-22-26)17-8-15(20)18-19(23-17)27(25-24-18)10-12-4-5-16-13(7-12)3-2-6-21-16/h2-9,11H,10H2,1H3. The smallest absolute Gasteiger partial charge is 0.180 e. The van der Waals surface area contributed by atoms with Gasteiger partial charge in [0.05, 0.1) is 29.0 Å². The zero-order valence-electron chi connectivity index (χ0n) is 14.4. The van der Waals surface area contributed by atoms with E-state index in [-0.39, 0.29) is 0 Å². The third kappa shape index (κ3) is 2.82. The number of pyridine rings is 2. The van der Waals surface area contributed by atoms with E-state index in [1.54, 1.807) is 27.8 Å². The van der Waals surface area contributed by atoms with Crippen LogP contribution in [0.4, 0.5) is 0 Å². The van der Waals surface area contributed by atoms with Crippen molar-refractivity contribution < 1.29 is 0 Å². The number of halogens is 1. The van der Waals surface area contributed by atoms with Gasteiger partial charge in [-0.15, -0.1) is 5.10 Å². The van der Waals surface area contributed by atoms with Crippen molar-refractivity contribution in [2.45, 2.75) is 6.54 Å². The Morgan fingerprint density at radius 2 is 2.07 bits per heavy atom. The summed E-state index contributed by atoms with van der Waals surface area (Å²) in [5, 5.41) is 14.3. The van der Waals surface area contributed by atoms with Crippen molar-refractivity contribution >= 4 is 33.7 Å². The molecule has 5 aromatic rings. The minimum atomic E-state index is 0.521. The topological polar surface area (TPSA) is 74.3 Å². The lowest BCUT2D eigenvalue weighted by molar-refractivity contribution is 0.665. The molecular formula is C19H14ClN7. The van der Waals surface area contributed by atoms with E-state index in [2.05, 4.69) is 26.5 Å². The Morgan fingerprint density at radius 3 is 2.93 bits per heavy atom. The first-order valence-corrected chi connectivity index (χ1v) is 8.77. The second-order valence-corrected chi connectivity index (χ2v) is 6.75. The van der Waals surface area contributed by atoms with Crippen LogP contribution in [0.15, 0.2) is 55.0 Å². The molecule has 0 N–H and O–H groups in total. The van der Waals surface area contributed by atoms with Crippen LogP contribution < -0.4 is 0 Å². The second kappa shape index (κ2) is 6.14. The molecule has 0 saturated carbocycles. The molecule has 0 aliphatic rings. The van der Waals surface area contributed by atoms with Crippen molar-refractivity contribution in [2.24, 2.45) is 7.05 Å². The van der Waals surface area contributed by atoms with Gasteiger partial charge in [-0.1, -0.05) is 28.9 Å². The van der Waals surface area contributed by atoms with Crippen molar-refractivity contribution in [3.05, 3.63) is 65.6 Å². The summed E-state index contributed by atoms with van der Waals surface area (Å²) < 4.78 is 3.49. The Hall–Kier alpha value is -3.32. The molecule has 4 heterocycles. The lowest BCUT2D eigenvalue weighted by Crippen LogP contribution is -2.03. The Kier molecular flexibility index (Phi) is 3.61. The van der Waals surface area contributed by atoms with Crippen LogP contribution in [0.1, 0.15) is 5.56 Å². The van der Waals surface area contributed by atoms with Gasteiger partial charge in [0.2, 0.25) is 0 Å². The third-order valence-electron chi connectivity index (χ3n) is 4.43. The van der Waals surface area contributed by atoms with Crippen molar-refractivity contribution in [2.75, 3.05) is 0 Å². The molecule has 0 amide bonds. The lowest BCUT2D eigenvalue weighted by Gasteiger charge is -2.05. The van der Waals surface area contributed by atoms with Crippen LogP contribution in [0, 0.1) is 0 Å². The molecule has 7 nitrogen and oxygen atoms in total. The quantitative estimate of drug-likeness (QED) is 0.482. The maximum atomic E-state index is 6.42. The van der Waals surface area contributed by atoms with Gasteiger partial charge < -0.3 is 0 Å². The molecule has 0 aliphatic heterocycles. The molecule has 5 rings (SSSR count). The molecule has 0 fully saturated rings. The number of fused-ring (bicyclic) bond motifs is 2. The number of aromatic nitrogens is 7. The fourth-order valence-electron chi connectivity index (χ4n) is 3.11. The highest BCUT2D eigenvalue weighted by atomic mass is 35.5. The Balaban J connectivity index is 1.59. The van der Waals surface area contributed by atoms with Crippen LogP contribution in [-0.4, -0.2) is 34.7 Å². The van der Waals surface area contributed by atoms with Gasteiger partial charge in [0, 0.05) is 30.4 Å². The minimum absolute atomic E-state index is 0.521. The Labute approximate surface area is 159 Å². The van der Waals surface area contributed by atoms with E-state index < -0.39 is 0 Å². The van der Waals surface area contributed by atoms with Crippen LogP contribution in [0.5, 0.6) is 0 Å². The van der Waals surface area contributed by atoms with Gasteiger partial charge in [0.25, 0.3) is 0 Å². The molecule has 0 atom stereocenters. The molecule has 4 aromatic heterocycles. The molecule has 0 bridgehead atoms. The van der Waals surface area contributed by atoms with Crippen molar-refractivity contribution in [3.8, 4) is 11.3 Å². The minimum Gasteiger partial charge on any atom is -0.275 e. The second-order valence-electron chi connectivity index (χ2n) is 6.34. The van der Waals surface area contributed by atoms with E-state index in [1.165, 1.54) is 0 Å². The van der Waals surface area contributed by atoms with E-state index in [9.17, 15) is 0 Å². The fourth-order valence-corrected chi connectivity index (χ4v) is 3.34. The van der Waals surface area contributed by atoms with E-state index in [0.29, 0.717) is 22.7 Å². The summed E-state index contributed by atoms with van der Waals surface area (Å²) in [6.07, 6.45) is 5.45. The zero-order chi connectivity index (χ0) is 18.4. The van der Waals surface area contributed by atoms with Crippen LogP contribution in [0.25, 0.3) is 33.3 Å². The van der Waals surface area contributed by atoms with Gasteiger partial charge in [-0.2, -0.15) is 5.10 Å². The largest absolute Gasteiger partial charge is 0.275 e. The number of aryl methyl sites for hydroxylation is 1. The molecule has 0 unspecified atom stereocenters. The lowest BCUT2D eigenvalue weighted by atomic mass is 10.1. The highest BCUT2D eigenvalue weighted by molar-refractivity contribution is 6.35. The summed E-state index contributed by atoms with van der Waals surface area (Å²) in [4.78, 5) is 9.08. The number of rotatable bonds is 3. The number of benzene rings is 1. The van der Waals surface area contributed by atoms with Gasteiger partial charge in [0.1, 0.15) is 0 Å². The van der Waals surface area contributed by atoms with Crippen LogP contribution in [-0.2, 0) is 13.6 Å².